The molecule has 3 nitrogen and oxygen atoms in total. The summed E-state index contributed by atoms with van der Waals surface area (Å²) in [6.45, 7) is 7.89. The summed E-state index contributed by atoms with van der Waals surface area (Å²) in [5.41, 5.74) is 4.75. The number of hydrogen-bond acceptors (Lipinski definition) is 3. The molecule has 0 N–H and O–H groups in total. The average Bonchev–Trinajstić information content (AvgIpc) is 3.30. The maximum Gasteiger partial charge on any atom is 0.145 e. The van der Waals surface area contributed by atoms with Gasteiger partial charge in [-0.2, -0.15) is 0 Å². The first kappa shape index (κ1) is 29.3. The first-order valence-electron chi connectivity index (χ1n) is 13.1. The Hall–Kier alpha value is -2.67. The molecule has 1 heterocycles. The SMILES string of the molecule is C=C1CCCC(c2cc(F)c(Cl)cc2Cl)=C(c2ccc(O[C@H]3CCN(CCCF)C3)cc2)/C1=C/C=C(\C)OF. The van der Waals surface area contributed by atoms with Crippen molar-refractivity contribution in [2.75, 3.05) is 26.3 Å². The molecule has 0 spiro atoms. The molecule has 0 radical (unpaired) electrons. The van der Waals surface area contributed by atoms with Crippen molar-refractivity contribution >= 4 is 34.3 Å². The highest BCUT2D eigenvalue weighted by molar-refractivity contribution is 6.36. The molecule has 4 rings (SSSR count). The smallest absolute Gasteiger partial charge is 0.145 e. The molecular formula is C31H32Cl2F3NO2. The quantitative estimate of drug-likeness (QED) is 0.219. The Bertz CT molecular complexity index is 1290. The molecule has 39 heavy (non-hydrogen) atoms. The zero-order valence-electron chi connectivity index (χ0n) is 21.9. The summed E-state index contributed by atoms with van der Waals surface area (Å²) in [5.74, 6) is 0.268. The fraction of sp³-hybridized carbons (Fsp3) is 0.355. The van der Waals surface area contributed by atoms with Crippen LogP contribution in [-0.2, 0) is 4.94 Å². The van der Waals surface area contributed by atoms with Crippen molar-refractivity contribution in [3.63, 3.8) is 0 Å². The fourth-order valence-electron chi connectivity index (χ4n) is 5.13. The molecule has 1 saturated heterocycles. The van der Waals surface area contributed by atoms with Crippen molar-refractivity contribution in [1.29, 1.82) is 0 Å². The lowest BCUT2D eigenvalue weighted by Gasteiger charge is -2.20. The van der Waals surface area contributed by atoms with E-state index in [9.17, 15) is 13.3 Å². The zero-order chi connectivity index (χ0) is 27.9. The summed E-state index contributed by atoms with van der Waals surface area (Å²) in [7, 11) is 0. The Morgan fingerprint density at radius 3 is 2.64 bits per heavy atom. The van der Waals surface area contributed by atoms with Crippen LogP contribution in [0.4, 0.5) is 13.3 Å². The van der Waals surface area contributed by atoms with Crippen LogP contribution in [0, 0.1) is 5.82 Å². The molecule has 2 aromatic carbocycles. The number of rotatable bonds is 9. The predicted molar refractivity (Wildman–Crippen MR) is 153 cm³/mol. The van der Waals surface area contributed by atoms with Gasteiger partial charge in [0.1, 0.15) is 23.4 Å². The van der Waals surface area contributed by atoms with Crippen LogP contribution in [0.1, 0.15) is 50.2 Å². The molecule has 0 saturated carbocycles. The van der Waals surface area contributed by atoms with Crippen molar-refractivity contribution in [2.24, 2.45) is 0 Å². The van der Waals surface area contributed by atoms with E-state index >= 15 is 0 Å². The van der Waals surface area contributed by atoms with Gasteiger partial charge >= 0.3 is 0 Å². The Morgan fingerprint density at radius 2 is 1.92 bits per heavy atom. The van der Waals surface area contributed by atoms with Gasteiger partial charge in [-0.1, -0.05) is 48.0 Å². The molecule has 1 aliphatic carbocycles. The van der Waals surface area contributed by atoms with Gasteiger partial charge < -0.3 is 4.74 Å². The van der Waals surface area contributed by atoms with Gasteiger partial charge in [0, 0.05) is 29.2 Å². The molecule has 1 aliphatic heterocycles. The first-order chi connectivity index (χ1) is 18.8. The van der Waals surface area contributed by atoms with E-state index in [0.29, 0.717) is 29.8 Å². The summed E-state index contributed by atoms with van der Waals surface area (Å²) in [6.07, 6.45) is 6.89. The third kappa shape index (κ3) is 7.30. The van der Waals surface area contributed by atoms with E-state index in [2.05, 4.69) is 16.4 Å². The molecular weight excluding hydrogens is 546 g/mol. The average molecular weight is 579 g/mol. The number of alkyl halides is 1. The molecule has 0 bridgehead atoms. The van der Waals surface area contributed by atoms with Crippen LogP contribution in [0.3, 0.4) is 0 Å². The molecule has 1 atom stereocenters. The van der Waals surface area contributed by atoms with E-state index in [1.54, 1.807) is 12.2 Å². The highest BCUT2D eigenvalue weighted by atomic mass is 35.5. The maximum absolute atomic E-state index is 14.6. The van der Waals surface area contributed by atoms with Crippen molar-refractivity contribution in [3.8, 4) is 5.75 Å². The first-order valence-corrected chi connectivity index (χ1v) is 13.9. The number of hydrogen-bond donors (Lipinski definition) is 0. The molecule has 2 aliphatic rings. The predicted octanol–water partition coefficient (Wildman–Crippen LogP) is 9.33. The summed E-state index contributed by atoms with van der Waals surface area (Å²) < 4.78 is 46.1. The fourth-order valence-corrected chi connectivity index (χ4v) is 5.63. The topological polar surface area (TPSA) is 21.7 Å². The van der Waals surface area contributed by atoms with Crippen LogP contribution in [-0.4, -0.2) is 37.3 Å². The minimum absolute atomic E-state index is 0.0445. The number of benzene rings is 2. The van der Waals surface area contributed by atoms with Crippen molar-refractivity contribution in [2.45, 2.75) is 45.1 Å². The Kier molecular flexibility index (Phi) is 10.2. The molecule has 0 unspecified atom stereocenters. The highest BCUT2D eigenvalue weighted by Gasteiger charge is 2.25. The molecule has 0 aromatic heterocycles. The Morgan fingerprint density at radius 1 is 1.15 bits per heavy atom. The third-order valence-electron chi connectivity index (χ3n) is 7.08. The molecule has 0 amide bonds. The molecule has 8 heteroatoms. The summed E-state index contributed by atoms with van der Waals surface area (Å²) in [4.78, 5) is 6.08. The van der Waals surface area contributed by atoms with Crippen LogP contribution in [0.5, 0.6) is 5.75 Å². The molecule has 208 valence electrons. The minimum Gasteiger partial charge on any atom is -0.489 e. The van der Waals surface area contributed by atoms with Gasteiger partial charge in [0.15, 0.2) is 0 Å². The van der Waals surface area contributed by atoms with Gasteiger partial charge in [0.2, 0.25) is 0 Å². The van der Waals surface area contributed by atoms with Gasteiger partial charge in [0.05, 0.1) is 11.7 Å². The number of allylic oxidation sites excluding steroid dienone is 7. The monoisotopic (exact) mass is 577 g/mol. The van der Waals surface area contributed by atoms with E-state index in [4.69, 9.17) is 27.9 Å². The van der Waals surface area contributed by atoms with Gasteiger partial charge in [-0.3, -0.25) is 14.2 Å². The van der Waals surface area contributed by atoms with Crippen LogP contribution in [0.25, 0.3) is 11.1 Å². The van der Waals surface area contributed by atoms with E-state index in [-0.39, 0.29) is 23.6 Å². The Balaban J connectivity index is 1.74. The van der Waals surface area contributed by atoms with Crippen LogP contribution in [0.2, 0.25) is 10.0 Å². The van der Waals surface area contributed by atoms with Crippen LogP contribution in [0.15, 0.2) is 72.0 Å². The lowest BCUT2D eigenvalue weighted by atomic mass is 9.86. The number of ether oxygens (including phenoxy) is 1. The second-order valence-corrected chi connectivity index (χ2v) is 10.7. The summed E-state index contributed by atoms with van der Waals surface area (Å²) in [5, 5.41) is 0.299. The molecule has 1 fully saturated rings. The number of halogens is 5. The minimum atomic E-state index is -0.557. The number of likely N-dealkylation sites (tertiary alicyclic amines) is 1. The summed E-state index contributed by atoms with van der Waals surface area (Å²) in [6, 6.07) is 10.5. The zero-order valence-corrected chi connectivity index (χ0v) is 23.4. The van der Waals surface area contributed by atoms with E-state index in [1.807, 2.05) is 24.3 Å². The highest BCUT2D eigenvalue weighted by Crippen LogP contribution is 2.45. The van der Waals surface area contributed by atoms with Gasteiger partial charge in [0.25, 0.3) is 0 Å². The van der Waals surface area contributed by atoms with Gasteiger partial charge in [-0.15, -0.1) is 0 Å². The lowest BCUT2D eigenvalue weighted by Crippen LogP contribution is -2.26. The normalized spacial score (nSPS) is 20.1. The third-order valence-corrected chi connectivity index (χ3v) is 7.68. The molecule has 2 aromatic rings. The van der Waals surface area contributed by atoms with E-state index in [0.717, 1.165) is 66.1 Å². The summed E-state index contributed by atoms with van der Waals surface area (Å²) >= 11 is 12.6. The van der Waals surface area contributed by atoms with Gasteiger partial charge in [-0.25, -0.2) is 4.39 Å². The Labute approximate surface area is 238 Å². The van der Waals surface area contributed by atoms with Crippen molar-refractivity contribution < 1.29 is 23.0 Å². The van der Waals surface area contributed by atoms with Crippen molar-refractivity contribution in [1.82, 2.24) is 4.90 Å². The second-order valence-electron chi connectivity index (χ2n) is 9.89. The largest absolute Gasteiger partial charge is 0.489 e. The van der Waals surface area contributed by atoms with Crippen molar-refractivity contribution in [3.05, 3.63) is 99.0 Å². The maximum atomic E-state index is 14.6. The lowest BCUT2D eigenvalue weighted by molar-refractivity contribution is -0.0819. The second kappa shape index (κ2) is 13.6. The van der Waals surface area contributed by atoms with Crippen LogP contribution >= 0.6 is 23.2 Å². The van der Waals surface area contributed by atoms with E-state index < -0.39 is 5.82 Å². The number of nitrogens with zero attached hydrogens (tertiary/aromatic N) is 1. The van der Waals surface area contributed by atoms with Gasteiger partial charge in [-0.05, 0) is 103 Å². The van der Waals surface area contributed by atoms with E-state index in [1.165, 1.54) is 19.1 Å². The standard InChI is InChI=1S/C31H32Cl2F3NO2/c1-20-5-3-6-26(27-17-30(35)29(33)18-28(27)32)31(25(20)12-7-21(2)39-36)22-8-10-23(11-9-22)38-24-13-16-37(19-24)15-4-14-34/h7-12,17-18,24H,1,3-6,13-16,19H2,2H3/b21-7+,25-12+/t24-/m0/s1. The van der Waals surface area contributed by atoms with Crippen LogP contribution < -0.4 is 4.74 Å².